The van der Waals surface area contributed by atoms with Crippen LogP contribution in [0.5, 0.6) is 0 Å². The maximum atomic E-state index is 10.7. The van der Waals surface area contributed by atoms with Crippen LogP contribution in [0.25, 0.3) is 10.9 Å². The Bertz CT molecular complexity index is 956. The zero-order chi connectivity index (χ0) is 16.7. The summed E-state index contributed by atoms with van der Waals surface area (Å²) >= 11 is 0. The zero-order valence-corrected chi connectivity index (χ0v) is 13.6. The van der Waals surface area contributed by atoms with Gasteiger partial charge in [0.05, 0.1) is 0 Å². The highest BCUT2D eigenvalue weighted by molar-refractivity contribution is 6.09. The Morgan fingerprint density at radius 2 is 1.67 bits per heavy atom. The molecular formula is C19H18N4O. The van der Waals surface area contributed by atoms with Gasteiger partial charge in [-0.1, -0.05) is 48.5 Å². The van der Waals surface area contributed by atoms with Crippen molar-refractivity contribution < 1.29 is 5.21 Å². The summed E-state index contributed by atoms with van der Waals surface area (Å²) in [6.45, 7) is 1.75. The first-order valence-corrected chi connectivity index (χ1v) is 7.86. The van der Waals surface area contributed by atoms with E-state index in [-0.39, 0.29) is 0 Å². The minimum atomic E-state index is -0.393. The van der Waals surface area contributed by atoms with E-state index in [1.807, 2.05) is 49.5 Å². The molecule has 1 aliphatic rings. The van der Waals surface area contributed by atoms with E-state index in [4.69, 9.17) is 0 Å². The van der Waals surface area contributed by atoms with Gasteiger partial charge < -0.3 is 4.57 Å². The Hall–Kier alpha value is -2.92. The van der Waals surface area contributed by atoms with E-state index in [1.165, 1.54) is 5.06 Å². The van der Waals surface area contributed by atoms with Crippen molar-refractivity contribution in [3.8, 4) is 0 Å². The lowest BCUT2D eigenvalue weighted by molar-refractivity contribution is -0.0357. The lowest BCUT2D eigenvalue weighted by Gasteiger charge is -2.30. The summed E-state index contributed by atoms with van der Waals surface area (Å²) in [7, 11) is 2.01. The molecule has 1 aliphatic heterocycles. The van der Waals surface area contributed by atoms with Crippen LogP contribution in [0, 0.1) is 0 Å². The Kier molecular flexibility index (Phi) is 3.43. The Labute approximate surface area is 140 Å². The highest BCUT2D eigenvalue weighted by Gasteiger charge is 2.32. The van der Waals surface area contributed by atoms with Crippen molar-refractivity contribution in [3.63, 3.8) is 0 Å². The van der Waals surface area contributed by atoms with Crippen molar-refractivity contribution in [3.05, 3.63) is 71.9 Å². The molecule has 0 aliphatic carbocycles. The lowest BCUT2D eigenvalue weighted by atomic mass is 9.95. The fourth-order valence-electron chi connectivity index (χ4n) is 3.22. The number of amidine groups is 1. The molecule has 1 atom stereocenters. The van der Waals surface area contributed by atoms with Crippen LogP contribution in [0.4, 0.5) is 0 Å². The summed E-state index contributed by atoms with van der Waals surface area (Å²) < 4.78 is 2.07. The fourth-order valence-corrected chi connectivity index (χ4v) is 3.22. The van der Waals surface area contributed by atoms with Gasteiger partial charge in [-0.05, 0) is 13.0 Å². The zero-order valence-electron chi connectivity index (χ0n) is 13.6. The maximum Gasteiger partial charge on any atom is 0.149 e. The molecule has 3 aromatic rings. The quantitative estimate of drug-likeness (QED) is 0.782. The number of nitrogens with zero attached hydrogens (tertiary/aromatic N) is 4. The molecule has 4 rings (SSSR count). The van der Waals surface area contributed by atoms with Crippen LogP contribution < -0.4 is 0 Å². The van der Waals surface area contributed by atoms with E-state index in [9.17, 15) is 5.21 Å². The lowest BCUT2D eigenvalue weighted by Crippen LogP contribution is -2.37. The molecule has 1 aromatic heterocycles. The van der Waals surface area contributed by atoms with Gasteiger partial charge in [0.25, 0.3) is 0 Å². The van der Waals surface area contributed by atoms with E-state index >= 15 is 0 Å². The van der Waals surface area contributed by atoms with Gasteiger partial charge in [-0.25, -0.2) is 5.06 Å². The Morgan fingerprint density at radius 1 is 0.958 bits per heavy atom. The number of hydrogen-bond donors (Lipinski definition) is 1. The van der Waals surface area contributed by atoms with Crippen LogP contribution in [0.15, 0.2) is 71.0 Å². The molecule has 0 saturated heterocycles. The highest BCUT2D eigenvalue weighted by Crippen LogP contribution is 2.33. The molecule has 0 spiro atoms. The number of aryl methyl sites for hydroxylation is 1. The number of hydrogen-bond acceptors (Lipinski definition) is 4. The largest absolute Gasteiger partial charge is 0.350 e. The van der Waals surface area contributed by atoms with Gasteiger partial charge in [0.2, 0.25) is 0 Å². The van der Waals surface area contributed by atoms with E-state index in [0.717, 1.165) is 27.7 Å². The topological polar surface area (TPSA) is 53.1 Å². The van der Waals surface area contributed by atoms with Crippen LogP contribution in [-0.2, 0) is 7.05 Å². The second-order valence-corrected chi connectivity index (χ2v) is 5.96. The first-order valence-electron chi connectivity index (χ1n) is 7.86. The molecular weight excluding hydrogens is 300 g/mol. The van der Waals surface area contributed by atoms with E-state index in [1.54, 1.807) is 6.92 Å². The molecule has 0 saturated carbocycles. The van der Waals surface area contributed by atoms with E-state index in [2.05, 4.69) is 33.1 Å². The number of para-hydroxylation sites is 1. The Morgan fingerprint density at radius 3 is 2.46 bits per heavy atom. The maximum absolute atomic E-state index is 10.7. The summed E-state index contributed by atoms with van der Waals surface area (Å²) in [4.78, 5) is 0. The van der Waals surface area contributed by atoms with Crippen LogP contribution in [0.2, 0.25) is 0 Å². The number of aromatic nitrogens is 1. The van der Waals surface area contributed by atoms with Gasteiger partial charge in [0, 0.05) is 35.3 Å². The predicted octanol–water partition coefficient (Wildman–Crippen LogP) is 3.75. The number of hydroxylamine groups is 2. The number of benzene rings is 2. The third-order valence-electron chi connectivity index (χ3n) is 4.43. The van der Waals surface area contributed by atoms with Crippen molar-refractivity contribution in [2.75, 3.05) is 0 Å². The molecule has 0 amide bonds. The van der Waals surface area contributed by atoms with Gasteiger partial charge in [0.15, 0.2) is 0 Å². The van der Waals surface area contributed by atoms with Gasteiger partial charge >= 0.3 is 0 Å². The monoisotopic (exact) mass is 318 g/mol. The fraction of sp³-hybridized carbons (Fsp3) is 0.158. The minimum Gasteiger partial charge on any atom is -0.350 e. The van der Waals surface area contributed by atoms with E-state index in [0.29, 0.717) is 5.84 Å². The summed E-state index contributed by atoms with van der Waals surface area (Å²) in [5, 5.41) is 21.5. The summed E-state index contributed by atoms with van der Waals surface area (Å²) in [6, 6.07) is 17.6. The molecule has 120 valence electrons. The van der Waals surface area contributed by atoms with Gasteiger partial charge in [0.1, 0.15) is 17.6 Å². The van der Waals surface area contributed by atoms with Crippen molar-refractivity contribution in [1.29, 1.82) is 0 Å². The standard InChI is InChI=1S/C19H18N4O/c1-13-20-21-18(14-8-4-3-5-9-14)19(23(13)24)16-12-22(2)17-11-7-6-10-15(16)17/h3-12,19,24H,1-2H3/t19-/m0/s1. The van der Waals surface area contributed by atoms with Crippen molar-refractivity contribution >= 4 is 22.5 Å². The number of fused-ring (bicyclic) bond motifs is 1. The van der Waals surface area contributed by atoms with Gasteiger partial charge in [-0.3, -0.25) is 5.21 Å². The van der Waals surface area contributed by atoms with Crippen molar-refractivity contribution in [1.82, 2.24) is 9.63 Å². The molecule has 1 N–H and O–H groups in total. The first-order chi connectivity index (χ1) is 11.7. The molecule has 2 aromatic carbocycles. The van der Waals surface area contributed by atoms with Crippen molar-refractivity contribution in [2.24, 2.45) is 17.3 Å². The predicted molar refractivity (Wildman–Crippen MR) is 95.4 cm³/mol. The molecule has 0 radical (unpaired) electrons. The smallest absolute Gasteiger partial charge is 0.149 e. The summed E-state index contributed by atoms with van der Waals surface area (Å²) in [5.41, 5.74) is 3.81. The van der Waals surface area contributed by atoms with Crippen LogP contribution in [-0.4, -0.2) is 26.4 Å². The molecule has 0 unspecified atom stereocenters. The van der Waals surface area contributed by atoms with Gasteiger partial charge in [-0.15, -0.1) is 5.10 Å². The molecule has 5 nitrogen and oxygen atoms in total. The molecule has 0 fully saturated rings. The van der Waals surface area contributed by atoms with Gasteiger partial charge in [-0.2, -0.15) is 5.10 Å². The normalized spacial score (nSPS) is 17.8. The number of rotatable bonds is 2. The third-order valence-corrected chi connectivity index (χ3v) is 4.43. The minimum absolute atomic E-state index is 0.393. The summed E-state index contributed by atoms with van der Waals surface area (Å²) in [6.07, 6.45) is 2.05. The second kappa shape index (κ2) is 5.62. The first kappa shape index (κ1) is 14.7. The average molecular weight is 318 g/mol. The molecule has 5 heteroatoms. The van der Waals surface area contributed by atoms with Crippen molar-refractivity contribution in [2.45, 2.75) is 13.0 Å². The second-order valence-electron chi connectivity index (χ2n) is 5.96. The SMILES string of the molecule is CC1=NN=C(c2ccccc2)[C@H](c2cn(C)c3ccccc23)N1O. The highest BCUT2D eigenvalue weighted by atomic mass is 16.5. The van der Waals surface area contributed by atoms with Crippen LogP contribution in [0.1, 0.15) is 24.1 Å². The molecule has 0 bridgehead atoms. The Balaban J connectivity index is 1.93. The van der Waals surface area contributed by atoms with E-state index < -0.39 is 6.04 Å². The average Bonchev–Trinajstić information content (AvgIpc) is 2.95. The third kappa shape index (κ3) is 2.21. The molecule has 24 heavy (non-hydrogen) atoms. The van der Waals surface area contributed by atoms with Crippen LogP contribution in [0.3, 0.4) is 0 Å². The van der Waals surface area contributed by atoms with Crippen LogP contribution >= 0.6 is 0 Å². The molecule has 2 heterocycles. The summed E-state index contributed by atoms with van der Waals surface area (Å²) in [5.74, 6) is 0.479.